The number of rotatable bonds is 3. The van der Waals surface area contributed by atoms with Gasteiger partial charge in [-0.25, -0.2) is 0 Å². The van der Waals surface area contributed by atoms with Crippen LogP contribution in [0.4, 0.5) is 5.69 Å². The van der Waals surface area contributed by atoms with E-state index >= 15 is 0 Å². The number of nitriles is 1. The smallest absolute Gasteiger partial charge is 0.0861 e. The van der Waals surface area contributed by atoms with Gasteiger partial charge in [0.1, 0.15) is 0 Å². The normalized spacial score (nSPS) is 24.2. The van der Waals surface area contributed by atoms with Crippen molar-refractivity contribution in [3.63, 3.8) is 0 Å². The lowest BCUT2D eigenvalue weighted by molar-refractivity contribution is 0.289. The highest BCUT2D eigenvalue weighted by Crippen LogP contribution is 2.44. The summed E-state index contributed by atoms with van der Waals surface area (Å²) in [6, 6.07) is 13.0. The lowest BCUT2D eigenvalue weighted by atomic mass is 9.62. The molecule has 0 bridgehead atoms. The summed E-state index contributed by atoms with van der Waals surface area (Å²) in [5.41, 5.74) is 4.07. The molecule has 0 amide bonds. The number of nitrogens with one attached hydrogen (secondary N) is 1. The first kappa shape index (κ1) is 13.7. The van der Waals surface area contributed by atoms with Crippen LogP contribution in [0, 0.1) is 25.2 Å². The van der Waals surface area contributed by atoms with Gasteiger partial charge in [-0.1, -0.05) is 30.3 Å². The van der Waals surface area contributed by atoms with Gasteiger partial charge in [-0.05, 0) is 32.3 Å². The van der Waals surface area contributed by atoms with E-state index in [0.717, 1.165) is 35.5 Å². The number of aromatic nitrogens is 2. The quantitative estimate of drug-likeness (QED) is 0.940. The van der Waals surface area contributed by atoms with E-state index in [-0.39, 0.29) is 5.41 Å². The number of anilines is 1. The molecule has 1 aromatic carbocycles. The molecule has 0 aliphatic heterocycles. The highest BCUT2D eigenvalue weighted by atomic mass is 15.3. The van der Waals surface area contributed by atoms with E-state index < -0.39 is 0 Å². The van der Waals surface area contributed by atoms with E-state index in [1.165, 1.54) is 0 Å². The van der Waals surface area contributed by atoms with Crippen molar-refractivity contribution in [1.29, 1.82) is 5.26 Å². The van der Waals surface area contributed by atoms with Gasteiger partial charge in [-0.3, -0.25) is 4.68 Å². The summed E-state index contributed by atoms with van der Waals surface area (Å²) in [7, 11) is 1.96. The topological polar surface area (TPSA) is 53.6 Å². The number of aryl methyl sites for hydroxylation is 2. The lowest BCUT2D eigenvalue weighted by Gasteiger charge is -2.43. The molecule has 0 unspecified atom stereocenters. The highest BCUT2D eigenvalue weighted by Gasteiger charge is 2.46. The molecule has 0 saturated heterocycles. The van der Waals surface area contributed by atoms with Gasteiger partial charge < -0.3 is 5.32 Å². The minimum Gasteiger partial charge on any atom is -0.379 e. The molecule has 1 saturated carbocycles. The first-order valence-electron chi connectivity index (χ1n) is 7.29. The highest BCUT2D eigenvalue weighted by molar-refractivity contribution is 5.54. The number of benzene rings is 1. The van der Waals surface area contributed by atoms with Gasteiger partial charge in [-0.15, -0.1) is 0 Å². The molecular weight excluding hydrogens is 260 g/mol. The third-order valence-corrected chi connectivity index (χ3v) is 4.59. The van der Waals surface area contributed by atoms with Crippen molar-refractivity contribution in [2.75, 3.05) is 5.32 Å². The Hall–Kier alpha value is -2.28. The molecule has 1 heterocycles. The Balaban J connectivity index is 1.75. The van der Waals surface area contributed by atoms with Gasteiger partial charge in [0, 0.05) is 13.1 Å². The zero-order valence-corrected chi connectivity index (χ0v) is 12.7. The molecule has 4 nitrogen and oxygen atoms in total. The molecule has 3 rings (SSSR count). The average molecular weight is 280 g/mol. The van der Waals surface area contributed by atoms with Crippen molar-refractivity contribution >= 4 is 5.69 Å². The Morgan fingerprint density at radius 2 is 1.95 bits per heavy atom. The number of hydrogen-bond donors (Lipinski definition) is 1. The summed E-state index contributed by atoms with van der Waals surface area (Å²) in [5, 5.41) is 17.6. The Bertz CT molecular complexity index is 688. The molecule has 1 N–H and O–H groups in total. The molecule has 1 aliphatic rings. The molecule has 0 spiro atoms. The maximum atomic E-state index is 9.59. The fourth-order valence-electron chi connectivity index (χ4n) is 3.22. The van der Waals surface area contributed by atoms with Crippen LogP contribution >= 0.6 is 0 Å². The standard InChI is InChI=1S/C17H20N4/c1-12-16(13(2)21(3)20-12)19-15-9-17(10-15,11-18)14-7-5-4-6-8-14/h4-8,15,19H,9-10H2,1-3H3. The third-order valence-electron chi connectivity index (χ3n) is 4.59. The van der Waals surface area contributed by atoms with Gasteiger partial charge in [0.25, 0.3) is 0 Å². The van der Waals surface area contributed by atoms with E-state index in [9.17, 15) is 5.26 Å². The minimum absolute atomic E-state index is 0.330. The van der Waals surface area contributed by atoms with Crippen molar-refractivity contribution in [2.45, 2.75) is 38.1 Å². The van der Waals surface area contributed by atoms with Crippen molar-refractivity contribution in [2.24, 2.45) is 7.05 Å². The van der Waals surface area contributed by atoms with Crippen LogP contribution in [-0.4, -0.2) is 15.8 Å². The minimum atomic E-state index is -0.330. The largest absolute Gasteiger partial charge is 0.379 e. The molecule has 4 heteroatoms. The van der Waals surface area contributed by atoms with Crippen LogP contribution in [0.3, 0.4) is 0 Å². The van der Waals surface area contributed by atoms with Crippen LogP contribution < -0.4 is 5.32 Å². The molecule has 108 valence electrons. The summed E-state index contributed by atoms with van der Waals surface area (Å²) in [6.45, 7) is 4.08. The predicted molar refractivity (Wildman–Crippen MR) is 83.1 cm³/mol. The van der Waals surface area contributed by atoms with E-state index in [4.69, 9.17) is 0 Å². The van der Waals surface area contributed by atoms with Crippen molar-refractivity contribution in [3.05, 3.63) is 47.3 Å². The summed E-state index contributed by atoms with van der Waals surface area (Å²) in [5.74, 6) is 0. The van der Waals surface area contributed by atoms with Gasteiger partial charge in [-0.2, -0.15) is 10.4 Å². The summed E-state index contributed by atoms with van der Waals surface area (Å²) in [6.07, 6.45) is 1.70. The fourth-order valence-corrected chi connectivity index (χ4v) is 3.22. The zero-order valence-electron chi connectivity index (χ0n) is 12.7. The van der Waals surface area contributed by atoms with E-state index in [0.29, 0.717) is 6.04 Å². The fraction of sp³-hybridized carbons (Fsp3) is 0.412. The monoisotopic (exact) mass is 280 g/mol. The van der Waals surface area contributed by atoms with Crippen LogP contribution in [0.1, 0.15) is 29.8 Å². The predicted octanol–water partition coefficient (Wildman–Crippen LogP) is 3.07. The van der Waals surface area contributed by atoms with Gasteiger partial charge in [0.05, 0.1) is 28.6 Å². The van der Waals surface area contributed by atoms with Gasteiger partial charge >= 0.3 is 0 Å². The molecule has 2 aromatic rings. The van der Waals surface area contributed by atoms with Crippen LogP contribution in [0.5, 0.6) is 0 Å². The first-order chi connectivity index (χ1) is 10.1. The van der Waals surface area contributed by atoms with Gasteiger partial charge in [0.15, 0.2) is 0 Å². The van der Waals surface area contributed by atoms with Crippen molar-refractivity contribution < 1.29 is 0 Å². The first-order valence-corrected chi connectivity index (χ1v) is 7.29. The molecule has 0 radical (unpaired) electrons. The van der Waals surface area contributed by atoms with Gasteiger partial charge in [0.2, 0.25) is 0 Å². The van der Waals surface area contributed by atoms with Crippen molar-refractivity contribution in [3.8, 4) is 6.07 Å². The van der Waals surface area contributed by atoms with Crippen LogP contribution in [0.15, 0.2) is 30.3 Å². The molecule has 1 fully saturated rings. The van der Waals surface area contributed by atoms with Crippen LogP contribution in [0.25, 0.3) is 0 Å². The summed E-state index contributed by atoms with van der Waals surface area (Å²) < 4.78 is 1.89. The molecular formula is C17H20N4. The Morgan fingerprint density at radius 1 is 1.29 bits per heavy atom. The van der Waals surface area contributed by atoms with Crippen molar-refractivity contribution in [1.82, 2.24) is 9.78 Å². The Labute approximate surface area is 125 Å². The average Bonchev–Trinajstić information content (AvgIpc) is 2.69. The number of hydrogen-bond acceptors (Lipinski definition) is 3. The lowest BCUT2D eigenvalue weighted by Crippen LogP contribution is -2.47. The summed E-state index contributed by atoms with van der Waals surface area (Å²) in [4.78, 5) is 0. The second-order valence-corrected chi connectivity index (χ2v) is 5.98. The second-order valence-electron chi connectivity index (χ2n) is 5.98. The van der Waals surface area contributed by atoms with E-state index in [1.54, 1.807) is 0 Å². The molecule has 0 atom stereocenters. The molecule has 1 aliphatic carbocycles. The number of nitrogens with zero attached hydrogens (tertiary/aromatic N) is 3. The van der Waals surface area contributed by atoms with E-state index in [1.807, 2.05) is 36.9 Å². The van der Waals surface area contributed by atoms with E-state index in [2.05, 4.69) is 35.5 Å². The Kier molecular flexibility index (Phi) is 3.21. The maximum absolute atomic E-state index is 9.59. The Morgan fingerprint density at radius 3 is 2.48 bits per heavy atom. The third kappa shape index (κ3) is 2.19. The van der Waals surface area contributed by atoms with Crippen LogP contribution in [-0.2, 0) is 12.5 Å². The second kappa shape index (κ2) is 4.92. The summed E-state index contributed by atoms with van der Waals surface area (Å²) >= 11 is 0. The molecule has 21 heavy (non-hydrogen) atoms. The van der Waals surface area contributed by atoms with Crippen LogP contribution in [0.2, 0.25) is 0 Å². The zero-order chi connectivity index (χ0) is 15.0. The SMILES string of the molecule is Cc1nn(C)c(C)c1NC1CC(C#N)(c2ccccc2)C1. The molecule has 1 aromatic heterocycles. The maximum Gasteiger partial charge on any atom is 0.0861 e.